The number of unbranched alkanes of at least 4 members (excludes halogenated alkanes) is 31. The van der Waals surface area contributed by atoms with E-state index < -0.39 is 12.1 Å². The van der Waals surface area contributed by atoms with Gasteiger partial charge in [-0.05, 0) is 44.9 Å². The molecule has 0 rings (SSSR count). The summed E-state index contributed by atoms with van der Waals surface area (Å²) >= 11 is 0. The molecule has 0 saturated heterocycles. The fraction of sp³-hybridized carbons (Fsp3) is 0.854. The Bertz CT molecular complexity index is 790. The van der Waals surface area contributed by atoms with Gasteiger partial charge in [0.1, 0.15) is 0 Å². The van der Waals surface area contributed by atoms with E-state index in [9.17, 15) is 15.0 Å². The quantitative estimate of drug-likeness (QED) is 0.0433. The second-order valence-electron chi connectivity index (χ2n) is 15.8. The molecule has 0 radical (unpaired) electrons. The third kappa shape index (κ3) is 39.8. The first-order valence-corrected chi connectivity index (χ1v) is 23.2. The molecule has 0 fully saturated rings. The van der Waals surface area contributed by atoms with Crippen molar-refractivity contribution in [2.45, 2.75) is 257 Å². The van der Waals surface area contributed by atoms with Crippen LogP contribution in [0.15, 0.2) is 36.5 Å². The molecule has 1 amide bonds. The first-order valence-electron chi connectivity index (χ1n) is 23.2. The minimum absolute atomic E-state index is 0.0746. The largest absolute Gasteiger partial charge is 0.394 e. The fourth-order valence-electron chi connectivity index (χ4n) is 7.03. The number of nitrogens with one attached hydrogen (secondary N) is 1. The molecule has 0 heterocycles. The first kappa shape index (κ1) is 50.6. The molecule has 0 aliphatic rings. The molecule has 2 unspecified atom stereocenters. The maximum atomic E-state index is 12.4. The van der Waals surface area contributed by atoms with Crippen molar-refractivity contribution >= 4 is 5.91 Å². The first-order chi connectivity index (χ1) is 25.7. The zero-order valence-corrected chi connectivity index (χ0v) is 35.1. The van der Waals surface area contributed by atoms with Crippen molar-refractivity contribution in [3.63, 3.8) is 0 Å². The van der Waals surface area contributed by atoms with Crippen molar-refractivity contribution in [1.29, 1.82) is 0 Å². The molecule has 0 saturated carbocycles. The third-order valence-electron chi connectivity index (χ3n) is 10.6. The lowest BCUT2D eigenvalue weighted by molar-refractivity contribution is -0.123. The Balaban J connectivity index is 3.58. The summed E-state index contributed by atoms with van der Waals surface area (Å²) in [5.74, 6) is -0.0746. The van der Waals surface area contributed by atoms with E-state index in [0.29, 0.717) is 6.42 Å². The van der Waals surface area contributed by atoms with E-state index >= 15 is 0 Å². The minimum Gasteiger partial charge on any atom is -0.394 e. The number of aliphatic hydroxyl groups is 2. The lowest BCUT2D eigenvalue weighted by Crippen LogP contribution is -2.45. The Morgan fingerprint density at radius 1 is 0.442 bits per heavy atom. The summed E-state index contributed by atoms with van der Waals surface area (Å²) < 4.78 is 0. The van der Waals surface area contributed by atoms with Gasteiger partial charge in [0.25, 0.3) is 0 Å². The highest BCUT2D eigenvalue weighted by Crippen LogP contribution is 2.16. The van der Waals surface area contributed by atoms with Crippen LogP contribution in [0.3, 0.4) is 0 Å². The predicted molar refractivity (Wildman–Crippen MR) is 230 cm³/mol. The normalized spacial score (nSPS) is 13.2. The molecular weight excluding hydrogens is 639 g/mol. The van der Waals surface area contributed by atoms with Gasteiger partial charge in [-0.3, -0.25) is 4.79 Å². The van der Waals surface area contributed by atoms with Crippen LogP contribution in [0.2, 0.25) is 0 Å². The number of hydrogen-bond acceptors (Lipinski definition) is 3. The Labute approximate surface area is 325 Å². The average Bonchev–Trinajstić information content (AvgIpc) is 3.15. The van der Waals surface area contributed by atoms with Crippen LogP contribution in [0.1, 0.15) is 245 Å². The zero-order chi connectivity index (χ0) is 37.8. The van der Waals surface area contributed by atoms with Crippen LogP contribution in [-0.2, 0) is 4.79 Å². The van der Waals surface area contributed by atoms with Crippen LogP contribution < -0.4 is 5.32 Å². The van der Waals surface area contributed by atoms with Gasteiger partial charge >= 0.3 is 0 Å². The average molecular weight is 730 g/mol. The highest BCUT2D eigenvalue weighted by atomic mass is 16.3. The molecule has 3 N–H and O–H groups in total. The summed E-state index contributed by atoms with van der Waals surface area (Å²) in [6.45, 7) is 4.30. The molecule has 306 valence electrons. The van der Waals surface area contributed by atoms with Crippen LogP contribution in [0.25, 0.3) is 0 Å². The van der Waals surface area contributed by atoms with Gasteiger partial charge in [0.05, 0.1) is 18.8 Å². The van der Waals surface area contributed by atoms with Crippen molar-refractivity contribution in [3.05, 3.63) is 36.5 Å². The number of rotatable bonds is 42. The van der Waals surface area contributed by atoms with Gasteiger partial charge in [0, 0.05) is 6.42 Å². The summed E-state index contributed by atoms with van der Waals surface area (Å²) in [6, 6.07) is -0.642. The lowest BCUT2D eigenvalue weighted by Gasteiger charge is -2.19. The van der Waals surface area contributed by atoms with Gasteiger partial charge in [0.15, 0.2) is 0 Å². The van der Waals surface area contributed by atoms with E-state index in [1.165, 1.54) is 186 Å². The number of amides is 1. The maximum Gasteiger partial charge on any atom is 0.220 e. The van der Waals surface area contributed by atoms with Crippen molar-refractivity contribution < 1.29 is 15.0 Å². The Hall–Kier alpha value is -1.39. The standard InChI is InChI=1S/C48H91NO3/c1-3-5-7-9-11-13-15-17-19-21-23-24-25-26-28-30-32-34-36-38-40-42-44-48(52)49-46(45-50)47(51)43-41-39-37-35-33-31-29-27-22-20-18-16-14-12-10-8-6-4-2/h22,27,33,35,41,43,46-47,50-51H,3-21,23-26,28-32,34,36-40,42,44-45H2,1-2H3,(H,49,52)/b27-22+,35-33+,43-41+. The maximum absolute atomic E-state index is 12.4. The van der Waals surface area contributed by atoms with Gasteiger partial charge in [0.2, 0.25) is 5.91 Å². The highest BCUT2D eigenvalue weighted by Gasteiger charge is 2.17. The summed E-state index contributed by atoms with van der Waals surface area (Å²) in [7, 11) is 0. The van der Waals surface area contributed by atoms with Crippen LogP contribution in [0.5, 0.6) is 0 Å². The third-order valence-corrected chi connectivity index (χ3v) is 10.6. The molecule has 52 heavy (non-hydrogen) atoms. The molecule has 0 aromatic rings. The highest BCUT2D eigenvalue weighted by molar-refractivity contribution is 5.76. The lowest BCUT2D eigenvalue weighted by atomic mass is 10.0. The monoisotopic (exact) mass is 730 g/mol. The molecular formula is C48H91NO3. The van der Waals surface area contributed by atoms with Crippen LogP contribution in [0, 0.1) is 0 Å². The Kier molecular flexibility index (Phi) is 42.8. The Morgan fingerprint density at radius 3 is 1.12 bits per heavy atom. The molecule has 0 spiro atoms. The molecule has 0 aliphatic heterocycles. The number of carbonyl (C=O) groups excluding carboxylic acids is 1. The van der Waals surface area contributed by atoms with Gasteiger partial charge in [-0.1, -0.05) is 230 Å². The second kappa shape index (κ2) is 44.0. The van der Waals surface area contributed by atoms with E-state index in [2.05, 4.69) is 43.5 Å². The number of hydrogen-bond donors (Lipinski definition) is 3. The van der Waals surface area contributed by atoms with Crippen LogP contribution in [0.4, 0.5) is 0 Å². The molecule has 2 atom stereocenters. The topological polar surface area (TPSA) is 69.6 Å². The van der Waals surface area contributed by atoms with Crippen molar-refractivity contribution in [2.75, 3.05) is 6.61 Å². The zero-order valence-electron chi connectivity index (χ0n) is 35.1. The second-order valence-corrected chi connectivity index (χ2v) is 15.8. The van der Waals surface area contributed by atoms with Gasteiger partial charge < -0.3 is 15.5 Å². The van der Waals surface area contributed by atoms with E-state index in [-0.39, 0.29) is 12.5 Å². The summed E-state index contributed by atoms with van der Waals surface area (Å²) in [4.78, 5) is 12.4. The van der Waals surface area contributed by atoms with Gasteiger partial charge in [-0.25, -0.2) is 0 Å². The van der Waals surface area contributed by atoms with Crippen LogP contribution in [-0.4, -0.2) is 34.9 Å². The molecule has 0 aromatic heterocycles. The van der Waals surface area contributed by atoms with Crippen LogP contribution >= 0.6 is 0 Å². The number of allylic oxidation sites excluding steroid dienone is 5. The van der Waals surface area contributed by atoms with Crippen molar-refractivity contribution in [2.24, 2.45) is 0 Å². The summed E-state index contributed by atoms with van der Waals surface area (Å²) in [5.41, 5.74) is 0. The van der Waals surface area contributed by atoms with E-state index in [1.54, 1.807) is 6.08 Å². The predicted octanol–water partition coefficient (Wildman–Crippen LogP) is 14.6. The van der Waals surface area contributed by atoms with Gasteiger partial charge in [-0.2, -0.15) is 0 Å². The van der Waals surface area contributed by atoms with E-state index in [1.807, 2.05) is 6.08 Å². The summed E-state index contributed by atoms with van der Waals surface area (Å²) in [6.07, 6.45) is 58.3. The molecule has 0 bridgehead atoms. The fourth-order valence-corrected chi connectivity index (χ4v) is 7.03. The Morgan fingerprint density at radius 2 is 0.750 bits per heavy atom. The molecule has 0 aromatic carbocycles. The number of aliphatic hydroxyl groups excluding tert-OH is 2. The van der Waals surface area contributed by atoms with Gasteiger partial charge in [-0.15, -0.1) is 0 Å². The molecule has 4 heteroatoms. The number of carbonyl (C=O) groups is 1. The van der Waals surface area contributed by atoms with E-state index in [0.717, 1.165) is 38.5 Å². The molecule has 4 nitrogen and oxygen atoms in total. The SMILES string of the molecule is CCCCCCCCCC/C=C/CC/C=C/CC/C=C/C(O)C(CO)NC(=O)CCCCCCCCCCCCCCCCCCCCCCCC. The smallest absolute Gasteiger partial charge is 0.220 e. The summed E-state index contributed by atoms with van der Waals surface area (Å²) in [5, 5.41) is 23.0. The van der Waals surface area contributed by atoms with E-state index in [4.69, 9.17) is 0 Å². The van der Waals surface area contributed by atoms with Crippen molar-refractivity contribution in [1.82, 2.24) is 5.32 Å². The molecule has 0 aliphatic carbocycles. The minimum atomic E-state index is -0.867. The van der Waals surface area contributed by atoms with Crippen molar-refractivity contribution in [3.8, 4) is 0 Å².